The van der Waals surface area contributed by atoms with E-state index in [1.807, 2.05) is 46.1 Å². The molecule has 1 amide bonds. The van der Waals surface area contributed by atoms with E-state index in [0.29, 0.717) is 13.1 Å². The van der Waals surface area contributed by atoms with E-state index in [9.17, 15) is 4.79 Å². The Balaban J connectivity index is 1.38. The summed E-state index contributed by atoms with van der Waals surface area (Å²) in [5.41, 5.74) is 1.86. The predicted octanol–water partition coefficient (Wildman–Crippen LogP) is 1.22. The Morgan fingerprint density at radius 1 is 1.13 bits per heavy atom. The molecule has 1 fully saturated rings. The minimum absolute atomic E-state index is 0.0653. The molecule has 1 aliphatic heterocycles. The minimum Gasteiger partial charge on any atom is -0.334 e. The number of hydrogen-bond acceptors (Lipinski definition) is 4. The predicted molar refractivity (Wildman–Crippen MR) is 82.7 cm³/mol. The lowest BCUT2D eigenvalue weighted by Gasteiger charge is -2.38. The van der Waals surface area contributed by atoms with E-state index < -0.39 is 0 Å². The molecule has 23 heavy (non-hydrogen) atoms. The van der Waals surface area contributed by atoms with Crippen LogP contribution in [0.25, 0.3) is 0 Å². The highest BCUT2D eigenvalue weighted by Gasteiger charge is 2.32. The fourth-order valence-electron chi connectivity index (χ4n) is 2.73. The molecule has 3 aromatic rings. The van der Waals surface area contributed by atoms with Crippen molar-refractivity contribution in [2.45, 2.75) is 12.6 Å². The molecule has 0 N–H and O–H groups in total. The summed E-state index contributed by atoms with van der Waals surface area (Å²) < 4.78 is 3.80. The van der Waals surface area contributed by atoms with Crippen molar-refractivity contribution in [1.29, 1.82) is 0 Å². The van der Waals surface area contributed by atoms with Crippen molar-refractivity contribution in [2.75, 3.05) is 13.1 Å². The Hall–Kier alpha value is -2.96. The first kappa shape index (κ1) is 13.7. The van der Waals surface area contributed by atoms with Crippen LogP contribution in [0.3, 0.4) is 0 Å². The number of hydrogen-bond donors (Lipinski definition) is 0. The molecule has 0 atom stereocenters. The average molecular weight is 308 g/mol. The van der Waals surface area contributed by atoms with Gasteiger partial charge in [-0.25, -0.2) is 9.67 Å². The van der Waals surface area contributed by atoms with Crippen molar-refractivity contribution < 1.29 is 4.79 Å². The molecule has 4 rings (SSSR count). The molecule has 0 saturated carbocycles. The summed E-state index contributed by atoms with van der Waals surface area (Å²) in [4.78, 5) is 18.3. The van der Waals surface area contributed by atoms with Gasteiger partial charge in [0.15, 0.2) is 0 Å². The van der Waals surface area contributed by atoms with E-state index in [0.717, 1.165) is 17.7 Å². The van der Waals surface area contributed by atoms with Gasteiger partial charge in [-0.2, -0.15) is 0 Å². The van der Waals surface area contributed by atoms with Gasteiger partial charge < -0.3 is 9.47 Å². The van der Waals surface area contributed by atoms with Crippen molar-refractivity contribution in [2.24, 2.45) is 0 Å². The molecule has 0 unspecified atom stereocenters. The van der Waals surface area contributed by atoms with Gasteiger partial charge in [-0.05, 0) is 17.7 Å². The van der Waals surface area contributed by atoms with Crippen LogP contribution in [-0.4, -0.2) is 48.4 Å². The van der Waals surface area contributed by atoms with Crippen LogP contribution >= 0.6 is 0 Å². The van der Waals surface area contributed by atoms with Crippen LogP contribution in [0.15, 0.2) is 55.4 Å². The summed E-state index contributed by atoms with van der Waals surface area (Å²) >= 11 is 0. The summed E-state index contributed by atoms with van der Waals surface area (Å²) in [6.45, 7) is 2.12. The van der Waals surface area contributed by atoms with E-state index in [-0.39, 0.29) is 11.9 Å². The zero-order valence-electron chi connectivity index (χ0n) is 12.5. The van der Waals surface area contributed by atoms with E-state index >= 15 is 0 Å². The number of rotatable bonds is 4. The van der Waals surface area contributed by atoms with Gasteiger partial charge in [0, 0.05) is 43.8 Å². The van der Waals surface area contributed by atoms with Crippen LogP contribution in [0, 0.1) is 0 Å². The second-order valence-corrected chi connectivity index (χ2v) is 5.68. The zero-order valence-corrected chi connectivity index (χ0v) is 12.5. The Labute approximate surface area is 133 Å². The second-order valence-electron chi connectivity index (χ2n) is 5.68. The van der Waals surface area contributed by atoms with Gasteiger partial charge in [0.05, 0.1) is 18.6 Å². The fraction of sp³-hybridized carbons (Fsp3) is 0.250. The van der Waals surface area contributed by atoms with Crippen LogP contribution in [0.4, 0.5) is 0 Å². The summed E-state index contributed by atoms with van der Waals surface area (Å²) in [7, 11) is 0. The van der Waals surface area contributed by atoms with Crippen LogP contribution in [-0.2, 0) is 6.54 Å². The summed E-state index contributed by atoms with van der Waals surface area (Å²) in [6.07, 6.45) is 8.95. The van der Waals surface area contributed by atoms with Gasteiger partial charge in [0.1, 0.15) is 0 Å². The van der Waals surface area contributed by atoms with Gasteiger partial charge >= 0.3 is 0 Å². The molecule has 0 radical (unpaired) electrons. The van der Waals surface area contributed by atoms with Crippen molar-refractivity contribution in [1.82, 2.24) is 29.4 Å². The van der Waals surface area contributed by atoms with E-state index in [1.165, 1.54) is 0 Å². The van der Waals surface area contributed by atoms with Gasteiger partial charge in [-0.3, -0.25) is 4.79 Å². The first-order chi connectivity index (χ1) is 11.3. The van der Waals surface area contributed by atoms with Crippen LogP contribution < -0.4 is 0 Å². The molecule has 2 aromatic heterocycles. The lowest BCUT2D eigenvalue weighted by atomic mass is 10.1. The molecule has 1 saturated heterocycles. The Kier molecular flexibility index (Phi) is 3.38. The summed E-state index contributed by atoms with van der Waals surface area (Å²) in [5.74, 6) is 0.0653. The smallest absolute Gasteiger partial charge is 0.253 e. The average Bonchev–Trinajstić information content (AvgIpc) is 3.20. The number of aromatic nitrogens is 5. The number of nitrogens with zero attached hydrogens (tertiary/aromatic N) is 6. The number of imidazole rings is 1. The third kappa shape index (κ3) is 2.73. The number of amides is 1. The number of carbonyl (C=O) groups is 1. The molecule has 0 aliphatic carbocycles. The molecule has 0 spiro atoms. The lowest BCUT2D eigenvalue weighted by Crippen LogP contribution is -2.50. The molecule has 116 valence electrons. The quantitative estimate of drug-likeness (QED) is 0.727. The minimum atomic E-state index is 0.0653. The van der Waals surface area contributed by atoms with Gasteiger partial charge in [0.2, 0.25) is 0 Å². The fourth-order valence-corrected chi connectivity index (χ4v) is 2.73. The van der Waals surface area contributed by atoms with Crippen LogP contribution in [0.2, 0.25) is 0 Å². The lowest BCUT2D eigenvalue weighted by molar-refractivity contribution is 0.0498. The summed E-state index contributed by atoms with van der Waals surface area (Å²) in [5, 5.41) is 7.77. The highest BCUT2D eigenvalue weighted by Crippen LogP contribution is 2.22. The maximum Gasteiger partial charge on any atom is 0.253 e. The number of benzene rings is 1. The number of likely N-dealkylation sites (tertiary alicyclic amines) is 1. The highest BCUT2D eigenvalue weighted by atomic mass is 16.2. The molecule has 1 aliphatic rings. The SMILES string of the molecule is O=C(c1ccc(Cn2ccnc2)cc1)N1CC(n2ccnn2)C1. The third-order valence-corrected chi connectivity index (χ3v) is 4.09. The molecule has 7 heteroatoms. The Morgan fingerprint density at radius 2 is 1.96 bits per heavy atom. The van der Waals surface area contributed by atoms with Crippen molar-refractivity contribution in [3.63, 3.8) is 0 Å². The summed E-state index contributed by atoms with van der Waals surface area (Å²) in [6, 6.07) is 7.99. The van der Waals surface area contributed by atoms with E-state index in [2.05, 4.69) is 15.3 Å². The van der Waals surface area contributed by atoms with Crippen molar-refractivity contribution >= 4 is 5.91 Å². The van der Waals surface area contributed by atoms with Gasteiger partial charge in [-0.1, -0.05) is 17.3 Å². The topological polar surface area (TPSA) is 68.8 Å². The molecular weight excluding hydrogens is 292 g/mol. The van der Waals surface area contributed by atoms with E-state index in [1.54, 1.807) is 23.4 Å². The first-order valence-electron chi connectivity index (χ1n) is 7.49. The second kappa shape index (κ2) is 5.68. The molecule has 3 heterocycles. The van der Waals surface area contributed by atoms with E-state index in [4.69, 9.17) is 0 Å². The third-order valence-electron chi connectivity index (χ3n) is 4.09. The normalized spacial score (nSPS) is 14.7. The molecule has 1 aromatic carbocycles. The maximum absolute atomic E-state index is 12.4. The standard InChI is InChI=1S/C16H16N6O/c23-16(21-10-15(11-21)22-8-6-18-19-22)14-3-1-13(2-4-14)9-20-7-5-17-12-20/h1-8,12,15H,9-11H2. The maximum atomic E-state index is 12.4. The van der Waals surface area contributed by atoms with Crippen LogP contribution in [0.5, 0.6) is 0 Å². The van der Waals surface area contributed by atoms with Crippen molar-refractivity contribution in [3.05, 3.63) is 66.5 Å². The largest absolute Gasteiger partial charge is 0.334 e. The first-order valence-corrected chi connectivity index (χ1v) is 7.49. The Bertz CT molecular complexity index is 773. The highest BCUT2D eigenvalue weighted by molar-refractivity contribution is 5.94. The van der Waals surface area contributed by atoms with Crippen LogP contribution in [0.1, 0.15) is 22.0 Å². The van der Waals surface area contributed by atoms with Crippen molar-refractivity contribution in [3.8, 4) is 0 Å². The van der Waals surface area contributed by atoms with Gasteiger partial charge in [-0.15, -0.1) is 5.10 Å². The van der Waals surface area contributed by atoms with Gasteiger partial charge in [0.25, 0.3) is 5.91 Å². The molecular formula is C16H16N6O. The molecule has 7 nitrogen and oxygen atoms in total. The number of carbonyl (C=O) groups excluding carboxylic acids is 1. The zero-order chi connectivity index (χ0) is 15.6. The molecule has 0 bridgehead atoms. The monoisotopic (exact) mass is 308 g/mol. The Morgan fingerprint density at radius 3 is 2.61 bits per heavy atom.